The van der Waals surface area contributed by atoms with E-state index in [0.717, 1.165) is 4.90 Å². The van der Waals surface area contributed by atoms with Crippen LogP contribution in [0.5, 0.6) is 5.75 Å². The van der Waals surface area contributed by atoms with Crippen LogP contribution in [-0.4, -0.2) is 113 Å². The lowest BCUT2D eigenvalue weighted by Crippen LogP contribution is -2.35. The molecule has 40 heavy (non-hydrogen) atoms. The average molecular weight is 557 g/mol. The summed E-state index contributed by atoms with van der Waals surface area (Å²) in [7, 11) is 0. The van der Waals surface area contributed by atoms with Crippen molar-refractivity contribution in [3.05, 3.63) is 42.0 Å². The maximum absolute atomic E-state index is 11.4. The van der Waals surface area contributed by atoms with Gasteiger partial charge in [-0.1, -0.05) is 0 Å². The number of nitrogens with one attached hydrogen (secondary N) is 1. The van der Waals surface area contributed by atoms with E-state index in [1.54, 1.807) is 30.3 Å². The summed E-state index contributed by atoms with van der Waals surface area (Å²) in [5.41, 5.74) is 2.51. The number of carboxylic acid groups (broad SMARTS) is 3. The number of hydrogen-bond acceptors (Lipinski definition) is 10. The first-order chi connectivity index (χ1) is 19.2. The Morgan fingerprint density at radius 1 is 0.900 bits per heavy atom. The summed E-state index contributed by atoms with van der Waals surface area (Å²) in [6.07, 6.45) is 1.32. The molecule has 4 N–H and O–H groups in total. The van der Waals surface area contributed by atoms with Gasteiger partial charge in [0.1, 0.15) is 43.8 Å². The Balaban J connectivity index is 1.79. The summed E-state index contributed by atoms with van der Waals surface area (Å²) in [4.78, 5) is 65.7. The molecule has 1 aromatic heterocycles. The van der Waals surface area contributed by atoms with Crippen molar-refractivity contribution in [2.24, 2.45) is 0 Å². The monoisotopic (exact) mass is 556 g/mol. The van der Waals surface area contributed by atoms with Gasteiger partial charge in [-0.15, -0.1) is 0 Å². The van der Waals surface area contributed by atoms with Gasteiger partial charge in [0, 0.05) is 17.7 Å². The van der Waals surface area contributed by atoms with Gasteiger partial charge in [0.2, 0.25) is 0 Å². The molecule has 0 aliphatic carbocycles. The number of carbonyl (C=O) groups excluding carboxylic acids is 2. The van der Waals surface area contributed by atoms with Gasteiger partial charge in [-0.25, -0.2) is 4.98 Å². The molecule has 3 rings (SSSR count). The molecule has 212 valence electrons. The number of nitrogens with zero attached hydrogens (tertiary/aromatic N) is 3. The molecule has 0 saturated heterocycles. The first-order valence-corrected chi connectivity index (χ1v) is 12.1. The molecule has 1 heterocycles. The topological polar surface area (TPSA) is 200 Å². The van der Waals surface area contributed by atoms with Crippen molar-refractivity contribution in [3.63, 3.8) is 0 Å². The highest BCUT2D eigenvalue weighted by atomic mass is 16.5. The molecule has 0 unspecified atom stereocenters. The van der Waals surface area contributed by atoms with Gasteiger partial charge in [-0.3, -0.25) is 24.1 Å². The van der Waals surface area contributed by atoms with Crippen molar-refractivity contribution < 1.29 is 48.8 Å². The predicted molar refractivity (Wildman–Crippen MR) is 141 cm³/mol. The second-order valence-corrected chi connectivity index (χ2v) is 8.56. The van der Waals surface area contributed by atoms with Crippen molar-refractivity contribution in [1.29, 1.82) is 0 Å². The number of aromatic amines is 1. The summed E-state index contributed by atoms with van der Waals surface area (Å²) in [6, 6.07) is 9.73. The van der Waals surface area contributed by atoms with E-state index in [0.29, 0.717) is 40.6 Å². The van der Waals surface area contributed by atoms with Crippen LogP contribution >= 0.6 is 0 Å². The number of aromatic nitrogens is 2. The summed E-state index contributed by atoms with van der Waals surface area (Å²) in [5, 5.41) is 27.5. The SMILES string of the molecule is O=CCN(CCOCCOc1cc(-c2nc3ccc(C=O)cc3[nH]2)ccc1N(CC(=O)O)CC(=O)O)CC(=O)O. The summed E-state index contributed by atoms with van der Waals surface area (Å²) in [5.74, 6) is -2.90. The number of imidazole rings is 1. The van der Waals surface area contributed by atoms with Crippen molar-refractivity contribution in [3.8, 4) is 17.1 Å². The lowest BCUT2D eigenvalue weighted by Gasteiger charge is -2.24. The molecule has 0 aliphatic rings. The van der Waals surface area contributed by atoms with Crippen LogP contribution in [0.2, 0.25) is 0 Å². The Labute approximate surface area is 227 Å². The molecule has 0 amide bonds. The van der Waals surface area contributed by atoms with Crippen LogP contribution in [0.3, 0.4) is 0 Å². The third-order valence-corrected chi connectivity index (χ3v) is 5.60. The second-order valence-electron chi connectivity index (χ2n) is 8.56. The number of ether oxygens (including phenoxy) is 2. The van der Waals surface area contributed by atoms with E-state index in [-0.39, 0.29) is 50.9 Å². The van der Waals surface area contributed by atoms with E-state index in [1.165, 1.54) is 11.0 Å². The Kier molecular flexibility index (Phi) is 10.7. The minimum absolute atomic E-state index is 0.000127. The molecule has 0 atom stereocenters. The Bertz CT molecular complexity index is 1360. The van der Waals surface area contributed by atoms with Crippen LogP contribution in [0.1, 0.15) is 10.4 Å². The zero-order chi connectivity index (χ0) is 29.1. The van der Waals surface area contributed by atoms with Crippen molar-refractivity contribution in [2.45, 2.75) is 0 Å². The standard InChI is InChI=1S/C26H28N4O10/c31-7-5-29(13-23(33)34)6-8-39-9-10-40-22-12-18(2-4-21(22)30(14-24(35)36)15-25(37)38)26-27-19-3-1-17(16-32)11-20(19)28-26/h1-4,7,11-12,16H,5-6,8-10,13-15H2,(H,27,28)(H,33,34)(H,35,36)(H,37,38). The fraction of sp³-hybridized carbons (Fsp3) is 0.308. The zero-order valence-electron chi connectivity index (χ0n) is 21.3. The second kappa shape index (κ2) is 14.4. The molecule has 0 saturated carbocycles. The van der Waals surface area contributed by atoms with Crippen LogP contribution in [0.4, 0.5) is 5.69 Å². The molecular weight excluding hydrogens is 528 g/mol. The number of rotatable bonds is 18. The number of hydrogen-bond donors (Lipinski definition) is 4. The van der Waals surface area contributed by atoms with Crippen LogP contribution in [-0.2, 0) is 23.9 Å². The Morgan fingerprint density at radius 3 is 2.27 bits per heavy atom. The summed E-state index contributed by atoms with van der Waals surface area (Å²) >= 11 is 0. The van der Waals surface area contributed by atoms with E-state index in [9.17, 15) is 34.2 Å². The Hall–Kier alpha value is -4.82. The molecule has 14 nitrogen and oxygen atoms in total. The average Bonchev–Trinajstić information content (AvgIpc) is 3.33. The van der Waals surface area contributed by atoms with Crippen molar-refractivity contribution in [2.75, 3.05) is 57.4 Å². The van der Waals surface area contributed by atoms with Gasteiger partial charge in [-0.05, 0) is 36.4 Å². The molecule has 0 radical (unpaired) electrons. The van der Waals surface area contributed by atoms with Crippen LogP contribution in [0.15, 0.2) is 36.4 Å². The van der Waals surface area contributed by atoms with E-state index in [2.05, 4.69) is 9.97 Å². The molecule has 2 aromatic carbocycles. The predicted octanol–water partition coefficient (Wildman–Crippen LogP) is 0.999. The van der Waals surface area contributed by atoms with Gasteiger partial charge >= 0.3 is 17.9 Å². The minimum Gasteiger partial charge on any atom is -0.489 e. The number of aliphatic carboxylic acids is 3. The smallest absolute Gasteiger partial charge is 0.323 e. The quantitative estimate of drug-likeness (QED) is 0.128. The number of aldehydes is 2. The molecular formula is C26H28N4O10. The zero-order valence-corrected chi connectivity index (χ0v) is 21.3. The van der Waals surface area contributed by atoms with Gasteiger partial charge in [0.25, 0.3) is 0 Å². The largest absolute Gasteiger partial charge is 0.489 e. The highest BCUT2D eigenvalue weighted by molar-refractivity contribution is 5.87. The lowest BCUT2D eigenvalue weighted by atomic mass is 10.1. The molecule has 0 fully saturated rings. The van der Waals surface area contributed by atoms with Gasteiger partial charge in [0.15, 0.2) is 0 Å². The van der Waals surface area contributed by atoms with Gasteiger partial charge < -0.3 is 39.5 Å². The lowest BCUT2D eigenvalue weighted by molar-refractivity contribution is -0.139. The van der Waals surface area contributed by atoms with Crippen LogP contribution < -0.4 is 9.64 Å². The van der Waals surface area contributed by atoms with E-state index in [4.69, 9.17) is 14.6 Å². The minimum atomic E-state index is -1.23. The Morgan fingerprint density at radius 2 is 1.62 bits per heavy atom. The number of benzene rings is 2. The van der Waals surface area contributed by atoms with Gasteiger partial charge in [0.05, 0.1) is 43.0 Å². The number of anilines is 1. The highest BCUT2D eigenvalue weighted by Gasteiger charge is 2.20. The summed E-state index contributed by atoms with van der Waals surface area (Å²) < 4.78 is 11.4. The number of fused-ring (bicyclic) bond motifs is 1. The molecule has 0 bridgehead atoms. The third-order valence-electron chi connectivity index (χ3n) is 5.60. The van der Waals surface area contributed by atoms with Crippen molar-refractivity contribution >= 4 is 47.2 Å². The number of carbonyl (C=O) groups is 5. The first kappa shape index (κ1) is 29.7. The molecule has 0 spiro atoms. The number of H-pyrrole nitrogens is 1. The maximum atomic E-state index is 11.4. The van der Waals surface area contributed by atoms with Gasteiger partial charge in [-0.2, -0.15) is 0 Å². The molecule has 3 aromatic rings. The van der Waals surface area contributed by atoms with Crippen molar-refractivity contribution in [1.82, 2.24) is 14.9 Å². The fourth-order valence-electron chi connectivity index (χ4n) is 3.87. The third kappa shape index (κ3) is 8.61. The van der Waals surface area contributed by atoms with Crippen LogP contribution in [0.25, 0.3) is 22.4 Å². The van der Waals surface area contributed by atoms with E-state index in [1.807, 2.05) is 0 Å². The first-order valence-electron chi connectivity index (χ1n) is 12.1. The maximum Gasteiger partial charge on any atom is 0.323 e. The molecule has 0 aliphatic heterocycles. The van der Waals surface area contributed by atoms with Crippen LogP contribution in [0, 0.1) is 0 Å². The number of carboxylic acids is 3. The highest BCUT2D eigenvalue weighted by Crippen LogP contribution is 2.33. The van der Waals surface area contributed by atoms with E-state index >= 15 is 0 Å². The fourth-order valence-corrected chi connectivity index (χ4v) is 3.87. The van der Waals surface area contributed by atoms with E-state index < -0.39 is 31.0 Å². The normalized spacial score (nSPS) is 10.9. The summed E-state index contributed by atoms with van der Waals surface area (Å²) in [6.45, 7) is -1.14. The molecule has 14 heteroatoms.